The fourth-order valence-electron chi connectivity index (χ4n) is 1.28. The molecule has 0 fully saturated rings. The second-order valence-electron chi connectivity index (χ2n) is 3.81. The van der Waals surface area contributed by atoms with Crippen molar-refractivity contribution in [2.24, 2.45) is 0 Å². The van der Waals surface area contributed by atoms with Crippen LogP contribution in [0.15, 0.2) is 18.2 Å². The molecular formula is C12H18N2O. The Morgan fingerprint density at radius 2 is 2.20 bits per heavy atom. The largest absolute Gasteiger partial charge is 0.397 e. The van der Waals surface area contributed by atoms with E-state index in [4.69, 9.17) is 5.73 Å². The van der Waals surface area contributed by atoms with Crippen LogP contribution in [-0.2, 0) is 0 Å². The van der Waals surface area contributed by atoms with Crippen LogP contribution >= 0.6 is 0 Å². The number of nitrogens with two attached hydrogens (primary N) is 1. The molecule has 3 N–H and O–H groups in total. The van der Waals surface area contributed by atoms with Crippen molar-refractivity contribution in [3.05, 3.63) is 23.8 Å². The van der Waals surface area contributed by atoms with Gasteiger partial charge < -0.3 is 11.1 Å². The van der Waals surface area contributed by atoms with Gasteiger partial charge in [-0.05, 0) is 38.5 Å². The number of anilines is 2. The topological polar surface area (TPSA) is 55.1 Å². The van der Waals surface area contributed by atoms with E-state index in [-0.39, 0.29) is 5.78 Å². The van der Waals surface area contributed by atoms with Crippen molar-refractivity contribution in [3.63, 3.8) is 0 Å². The molecule has 0 saturated heterocycles. The summed E-state index contributed by atoms with van der Waals surface area (Å²) in [6.45, 7) is 5.74. The maximum atomic E-state index is 11.1. The number of rotatable bonds is 4. The van der Waals surface area contributed by atoms with Crippen LogP contribution in [0, 0.1) is 0 Å². The van der Waals surface area contributed by atoms with E-state index in [1.54, 1.807) is 12.1 Å². The van der Waals surface area contributed by atoms with Crippen LogP contribution in [-0.4, -0.2) is 11.8 Å². The second-order valence-corrected chi connectivity index (χ2v) is 3.81. The molecule has 1 rings (SSSR count). The summed E-state index contributed by atoms with van der Waals surface area (Å²) in [5.41, 5.74) is 8.03. The van der Waals surface area contributed by atoms with E-state index < -0.39 is 0 Å². The quantitative estimate of drug-likeness (QED) is 0.588. The Labute approximate surface area is 90.7 Å². The van der Waals surface area contributed by atoms with Crippen molar-refractivity contribution in [1.29, 1.82) is 0 Å². The van der Waals surface area contributed by atoms with Gasteiger partial charge in [0.15, 0.2) is 5.78 Å². The molecule has 15 heavy (non-hydrogen) atoms. The fraction of sp³-hybridized carbons (Fsp3) is 0.417. The first-order valence-corrected chi connectivity index (χ1v) is 5.21. The number of hydrogen-bond donors (Lipinski definition) is 2. The predicted molar refractivity (Wildman–Crippen MR) is 64.2 cm³/mol. The lowest BCUT2D eigenvalue weighted by Gasteiger charge is -2.15. The molecule has 0 aliphatic heterocycles. The van der Waals surface area contributed by atoms with Gasteiger partial charge in [0, 0.05) is 11.6 Å². The van der Waals surface area contributed by atoms with E-state index in [1.807, 2.05) is 6.07 Å². The number of carbonyl (C=O) groups excluding carboxylic acids is 1. The van der Waals surface area contributed by atoms with Crippen LogP contribution in [0.3, 0.4) is 0 Å². The molecule has 0 radical (unpaired) electrons. The maximum absolute atomic E-state index is 11.1. The van der Waals surface area contributed by atoms with Crippen molar-refractivity contribution >= 4 is 17.2 Å². The van der Waals surface area contributed by atoms with E-state index in [9.17, 15) is 4.79 Å². The number of nitrogen functional groups attached to an aromatic ring is 1. The Morgan fingerprint density at radius 1 is 1.53 bits per heavy atom. The van der Waals surface area contributed by atoms with Crippen LogP contribution in [0.2, 0.25) is 0 Å². The maximum Gasteiger partial charge on any atom is 0.159 e. The van der Waals surface area contributed by atoms with Crippen molar-refractivity contribution in [2.45, 2.75) is 33.2 Å². The molecule has 0 aliphatic carbocycles. The molecule has 0 amide bonds. The zero-order chi connectivity index (χ0) is 11.4. The second kappa shape index (κ2) is 4.82. The highest BCUT2D eigenvalue weighted by Gasteiger charge is 2.05. The van der Waals surface area contributed by atoms with E-state index in [0.29, 0.717) is 17.3 Å². The van der Waals surface area contributed by atoms with Gasteiger partial charge in [0.2, 0.25) is 0 Å². The van der Waals surface area contributed by atoms with Gasteiger partial charge in [-0.1, -0.05) is 6.92 Å². The van der Waals surface area contributed by atoms with E-state index in [1.165, 1.54) is 6.92 Å². The van der Waals surface area contributed by atoms with Gasteiger partial charge in [0.25, 0.3) is 0 Å². The fourth-order valence-corrected chi connectivity index (χ4v) is 1.28. The highest BCUT2D eigenvalue weighted by atomic mass is 16.1. The molecule has 82 valence electrons. The van der Waals surface area contributed by atoms with Gasteiger partial charge >= 0.3 is 0 Å². The summed E-state index contributed by atoms with van der Waals surface area (Å²) in [6, 6.07) is 5.75. The number of ketones is 1. The molecule has 0 saturated carbocycles. The lowest BCUT2D eigenvalue weighted by Crippen LogP contribution is -2.14. The molecule has 0 bridgehead atoms. The highest BCUT2D eigenvalue weighted by Crippen LogP contribution is 2.21. The number of nitrogens with one attached hydrogen (secondary N) is 1. The normalized spacial score (nSPS) is 12.2. The number of hydrogen-bond acceptors (Lipinski definition) is 3. The molecular weight excluding hydrogens is 188 g/mol. The molecule has 3 heteroatoms. The Hall–Kier alpha value is -1.51. The average molecular weight is 206 g/mol. The van der Waals surface area contributed by atoms with Crippen LogP contribution in [0.25, 0.3) is 0 Å². The third-order valence-electron chi connectivity index (χ3n) is 2.47. The van der Waals surface area contributed by atoms with Gasteiger partial charge in [-0.2, -0.15) is 0 Å². The Morgan fingerprint density at radius 3 is 2.67 bits per heavy atom. The lowest BCUT2D eigenvalue weighted by atomic mass is 10.1. The van der Waals surface area contributed by atoms with Gasteiger partial charge in [-0.25, -0.2) is 0 Å². The number of Topliss-reactive ketones (excluding diaryl/α,β-unsaturated/α-hetero) is 1. The van der Waals surface area contributed by atoms with Gasteiger partial charge in [-0.15, -0.1) is 0 Å². The first-order valence-electron chi connectivity index (χ1n) is 5.21. The van der Waals surface area contributed by atoms with E-state index >= 15 is 0 Å². The number of benzene rings is 1. The first kappa shape index (κ1) is 11.6. The Kier molecular flexibility index (Phi) is 3.72. The van der Waals surface area contributed by atoms with Crippen molar-refractivity contribution in [1.82, 2.24) is 0 Å². The molecule has 1 unspecified atom stereocenters. The minimum atomic E-state index is 0.0387. The van der Waals surface area contributed by atoms with Gasteiger partial charge in [0.05, 0.1) is 11.4 Å². The highest BCUT2D eigenvalue weighted by molar-refractivity contribution is 5.96. The Bertz CT molecular complexity index is 361. The summed E-state index contributed by atoms with van der Waals surface area (Å²) in [7, 11) is 0. The summed E-state index contributed by atoms with van der Waals surface area (Å²) in [4.78, 5) is 11.1. The van der Waals surface area contributed by atoms with Crippen LogP contribution in [0.4, 0.5) is 11.4 Å². The SMILES string of the molecule is CCC(C)Nc1ccc(C(C)=O)cc1N. The van der Waals surface area contributed by atoms with Crippen molar-refractivity contribution in [3.8, 4) is 0 Å². The molecule has 3 nitrogen and oxygen atoms in total. The third kappa shape index (κ3) is 2.98. The molecule has 0 heterocycles. The van der Waals surface area contributed by atoms with E-state index in [2.05, 4.69) is 19.2 Å². The molecule has 0 aliphatic rings. The molecule has 0 spiro atoms. The molecule has 1 aromatic carbocycles. The van der Waals surface area contributed by atoms with Crippen LogP contribution in [0.1, 0.15) is 37.6 Å². The zero-order valence-corrected chi connectivity index (χ0v) is 9.50. The monoisotopic (exact) mass is 206 g/mol. The third-order valence-corrected chi connectivity index (χ3v) is 2.47. The van der Waals surface area contributed by atoms with Crippen molar-refractivity contribution in [2.75, 3.05) is 11.1 Å². The Balaban J connectivity index is 2.88. The van der Waals surface area contributed by atoms with Crippen molar-refractivity contribution < 1.29 is 4.79 Å². The molecule has 1 aromatic rings. The summed E-state index contributed by atoms with van der Waals surface area (Å²) in [5, 5.41) is 3.29. The number of carbonyl (C=O) groups is 1. The minimum Gasteiger partial charge on any atom is -0.397 e. The summed E-state index contributed by atoms with van der Waals surface area (Å²) in [6.07, 6.45) is 1.04. The van der Waals surface area contributed by atoms with Gasteiger partial charge in [-0.3, -0.25) is 4.79 Å². The molecule has 1 atom stereocenters. The van der Waals surface area contributed by atoms with Gasteiger partial charge in [0.1, 0.15) is 0 Å². The lowest BCUT2D eigenvalue weighted by molar-refractivity contribution is 0.101. The average Bonchev–Trinajstić information content (AvgIpc) is 2.20. The summed E-state index contributed by atoms with van der Waals surface area (Å²) < 4.78 is 0. The first-order chi connectivity index (χ1) is 7.04. The summed E-state index contributed by atoms with van der Waals surface area (Å²) >= 11 is 0. The van der Waals surface area contributed by atoms with Crippen LogP contribution < -0.4 is 11.1 Å². The molecule has 0 aromatic heterocycles. The van der Waals surface area contributed by atoms with E-state index in [0.717, 1.165) is 12.1 Å². The zero-order valence-electron chi connectivity index (χ0n) is 9.50. The minimum absolute atomic E-state index is 0.0387. The predicted octanol–water partition coefficient (Wildman–Crippen LogP) is 2.68. The smallest absolute Gasteiger partial charge is 0.159 e. The van der Waals surface area contributed by atoms with Crippen LogP contribution in [0.5, 0.6) is 0 Å². The summed E-state index contributed by atoms with van der Waals surface area (Å²) in [5.74, 6) is 0.0387. The standard InChI is InChI=1S/C12H18N2O/c1-4-8(2)14-12-6-5-10(9(3)15)7-11(12)13/h5-8,14H,4,13H2,1-3H3.